The van der Waals surface area contributed by atoms with Crippen molar-refractivity contribution >= 4 is 35.2 Å². The number of piperazine rings is 1. The van der Waals surface area contributed by atoms with Gasteiger partial charge in [0.05, 0.1) is 18.2 Å². The summed E-state index contributed by atoms with van der Waals surface area (Å²) in [7, 11) is 1.12. The molecule has 2 N–H and O–H groups in total. The Morgan fingerprint density at radius 1 is 1.23 bits per heavy atom. The molecule has 1 saturated heterocycles. The van der Waals surface area contributed by atoms with E-state index in [1.807, 2.05) is 0 Å². The van der Waals surface area contributed by atoms with Crippen LogP contribution in [0.2, 0.25) is 5.02 Å². The van der Waals surface area contributed by atoms with Gasteiger partial charge >= 0.3 is 12.1 Å². The van der Waals surface area contributed by atoms with Gasteiger partial charge in [0.15, 0.2) is 0 Å². The van der Waals surface area contributed by atoms with Crippen LogP contribution >= 0.6 is 11.6 Å². The molecular formula is C20H25ClF2N4O4. The molecule has 0 bridgehead atoms. The molecule has 1 atom stereocenters. The van der Waals surface area contributed by atoms with E-state index < -0.39 is 41.1 Å². The van der Waals surface area contributed by atoms with Crippen molar-refractivity contribution in [2.75, 3.05) is 20.2 Å². The van der Waals surface area contributed by atoms with Crippen LogP contribution in [0, 0.1) is 22.5 Å². The Bertz CT molecular complexity index is 904. The third-order valence-electron chi connectivity index (χ3n) is 4.60. The highest BCUT2D eigenvalue weighted by Gasteiger charge is 2.38. The molecule has 1 amide bonds. The first-order valence-corrected chi connectivity index (χ1v) is 9.84. The summed E-state index contributed by atoms with van der Waals surface area (Å²) >= 11 is 5.94. The van der Waals surface area contributed by atoms with Crippen LogP contribution in [-0.2, 0) is 20.8 Å². The van der Waals surface area contributed by atoms with E-state index in [4.69, 9.17) is 27.2 Å². The summed E-state index contributed by atoms with van der Waals surface area (Å²) in [5.74, 6) is -2.65. The first-order chi connectivity index (χ1) is 14.4. The van der Waals surface area contributed by atoms with Crippen LogP contribution in [0.15, 0.2) is 12.1 Å². The van der Waals surface area contributed by atoms with Crippen LogP contribution in [0.4, 0.5) is 13.6 Å². The van der Waals surface area contributed by atoms with Gasteiger partial charge in [-0.25, -0.2) is 18.4 Å². The van der Waals surface area contributed by atoms with Crippen molar-refractivity contribution < 1.29 is 27.8 Å². The summed E-state index contributed by atoms with van der Waals surface area (Å²) < 4.78 is 38.0. The zero-order chi connectivity index (χ0) is 23.5. The minimum Gasteiger partial charge on any atom is -0.465 e. The molecular weight excluding hydrogens is 434 g/mol. The number of amides is 1. The Morgan fingerprint density at radius 2 is 1.84 bits per heavy atom. The molecule has 1 aliphatic heterocycles. The van der Waals surface area contributed by atoms with Gasteiger partial charge in [0.2, 0.25) is 0 Å². The number of carbonyl (C=O) groups is 2. The maximum Gasteiger partial charge on any atom is 0.415 e. The predicted molar refractivity (Wildman–Crippen MR) is 111 cm³/mol. The van der Waals surface area contributed by atoms with Gasteiger partial charge in [0.25, 0.3) is 0 Å². The van der Waals surface area contributed by atoms with Gasteiger partial charge in [0, 0.05) is 31.6 Å². The number of nitrogens with one attached hydrogen (secondary N) is 2. The number of hydrogen-bond donors (Lipinski definition) is 2. The maximum absolute atomic E-state index is 14.3. The number of nitrogens with zero attached hydrogens (tertiary/aromatic N) is 2. The van der Waals surface area contributed by atoms with E-state index in [0.717, 1.165) is 24.1 Å². The maximum atomic E-state index is 14.3. The van der Waals surface area contributed by atoms with Crippen LogP contribution in [0.1, 0.15) is 32.8 Å². The number of halogens is 3. The van der Waals surface area contributed by atoms with E-state index in [0.29, 0.717) is 0 Å². The van der Waals surface area contributed by atoms with Gasteiger partial charge in [0.1, 0.15) is 28.8 Å². The topological polar surface area (TPSA) is 107 Å². The lowest BCUT2D eigenvalue weighted by molar-refractivity contribution is -0.133. The monoisotopic (exact) mass is 458 g/mol. The van der Waals surface area contributed by atoms with Gasteiger partial charge < -0.3 is 9.47 Å². The molecule has 0 aliphatic carbocycles. The van der Waals surface area contributed by atoms with Crippen molar-refractivity contribution in [1.82, 2.24) is 9.80 Å². The molecule has 8 nitrogen and oxygen atoms in total. The smallest absolute Gasteiger partial charge is 0.415 e. The second kappa shape index (κ2) is 9.69. The van der Waals surface area contributed by atoms with Crippen molar-refractivity contribution in [3.63, 3.8) is 0 Å². The van der Waals surface area contributed by atoms with Gasteiger partial charge in [-0.15, -0.1) is 0 Å². The van der Waals surface area contributed by atoms with E-state index in [1.165, 1.54) is 0 Å². The van der Waals surface area contributed by atoms with E-state index in [2.05, 4.69) is 4.74 Å². The van der Waals surface area contributed by atoms with E-state index in [9.17, 15) is 18.4 Å². The molecule has 1 unspecified atom stereocenters. The van der Waals surface area contributed by atoms with Gasteiger partial charge in [-0.05, 0) is 32.9 Å². The molecule has 1 aromatic rings. The minimum atomic E-state index is -0.966. The third kappa shape index (κ3) is 5.98. The average molecular weight is 459 g/mol. The average Bonchev–Trinajstić information content (AvgIpc) is 2.68. The molecule has 0 saturated carbocycles. The molecule has 31 heavy (non-hydrogen) atoms. The number of methoxy groups -OCH3 is 1. The van der Waals surface area contributed by atoms with E-state index >= 15 is 0 Å². The fourth-order valence-electron chi connectivity index (χ4n) is 3.10. The lowest BCUT2D eigenvalue weighted by Crippen LogP contribution is -2.59. The summed E-state index contributed by atoms with van der Waals surface area (Å²) in [4.78, 5) is 26.9. The zero-order valence-corrected chi connectivity index (χ0v) is 18.5. The second-order valence-corrected chi connectivity index (χ2v) is 8.38. The van der Waals surface area contributed by atoms with Crippen molar-refractivity contribution in [2.45, 2.75) is 45.4 Å². The lowest BCUT2D eigenvalue weighted by Gasteiger charge is -2.42. The van der Waals surface area contributed by atoms with Crippen LogP contribution in [0.25, 0.3) is 0 Å². The molecule has 170 valence electrons. The quantitative estimate of drug-likeness (QED) is 0.398. The first kappa shape index (κ1) is 24.7. The highest BCUT2D eigenvalue weighted by atomic mass is 35.5. The Kier molecular flexibility index (Phi) is 7.72. The normalized spacial score (nSPS) is 17.5. The molecule has 1 fully saturated rings. The number of esters is 1. The summed E-state index contributed by atoms with van der Waals surface area (Å²) in [6, 6.07) is 0.893. The Balaban J connectivity index is 2.34. The molecule has 0 aromatic heterocycles. The molecule has 2 rings (SSSR count). The summed E-state index contributed by atoms with van der Waals surface area (Å²) in [5.41, 5.74) is -1.34. The molecule has 1 aliphatic rings. The number of ether oxygens (including phenoxy) is 2. The first-order valence-electron chi connectivity index (χ1n) is 9.46. The fourth-order valence-corrected chi connectivity index (χ4v) is 3.31. The number of amidine groups is 1. The lowest BCUT2D eigenvalue weighted by atomic mass is 10.0. The van der Waals surface area contributed by atoms with Crippen molar-refractivity contribution in [2.24, 2.45) is 0 Å². The SMILES string of the molecule is COC(=O)C(=N)CC1C(=N)N(C(=O)OC(C)(C)C)CCN1Cc1c(F)ccc(F)c1Cl. The zero-order valence-electron chi connectivity index (χ0n) is 17.7. The fraction of sp³-hybridized carbons (Fsp3) is 0.500. The molecule has 11 heteroatoms. The predicted octanol–water partition coefficient (Wildman–Crippen LogP) is 3.60. The van der Waals surface area contributed by atoms with Crippen molar-refractivity contribution in [1.29, 1.82) is 10.8 Å². The Labute approximate surface area is 184 Å². The number of hydrogen-bond acceptors (Lipinski definition) is 7. The van der Waals surface area contributed by atoms with Crippen molar-refractivity contribution in [3.8, 4) is 0 Å². The number of benzene rings is 1. The van der Waals surface area contributed by atoms with Crippen LogP contribution < -0.4 is 0 Å². The summed E-state index contributed by atoms with van der Waals surface area (Å²) in [6.07, 6.45) is -1.03. The number of carbonyl (C=O) groups excluding carboxylic acids is 2. The standard InChI is InChI=1S/C20H25ClF2N4O4/c1-20(2,3)31-19(29)27-8-7-26(10-11-12(22)5-6-13(23)16(11)21)15(17(27)25)9-14(24)18(28)30-4/h5-6,15,24-25H,7-10H2,1-4H3. The highest BCUT2D eigenvalue weighted by molar-refractivity contribution is 6.35. The molecule has 0 spiro atoms. The van der Waals surface area contributed by atoms with Gasteiger partial charge in [-0.1, -0.05) is 11.6 Å². The van der Waals surface area contributed by atoms with Gasteiger partial charge in [-0.2, -0.15) is 0 Å². The largest absolute Gasteiger partial charge is 0.465 e. The number of rotatable bonds is 5. The van der Waals surface area contributed by atoms with E-state index in [1.54, 1.807) is 25.7 Å². The van der Waals surface area contributed by atoms with E-state index in [-0.39, 0.29) is 42.5 Å². The highest BCUT2D eigenvalue weighted by Crippen LogP contribution is 2.27. The van der Waals surface area contributed by atoms with Crippen molar-refractivity contribution in [3.05, 3.63) is 34.4 Å². The summed E-state index contributed by atoms with van der Waals surface area (Å²) in [6.45, 7) is 5.06. The molecule has 0 radical (unpaired) electrons. The second-order valence-electron chi connectivity index (χ2n) is 8.00. The van der Waals surface area contributed by atoms with Crippen LogP contribution in [-0.4, -0.2) is 65.3 Å². The summed E-state index contributed by atoms with van der Waals surface area (Å²) in [5, 5.41) is 16.1. The minimum absolute atomic E-state index is 0.0460. The van der Waals surface area contributed by atoms with Gasteiger partial charge in [-0.3, -0.25) is 20.6 Å². The van der Waals surface area contributed by atoms with Crippen LogP contribution in [0.3, 0.4) is 0 Å². The Morgan fingerprint density at radius 3 is 2.42 bits per heavy atom. The third-order valence-corrected chi connectivity index (χ3v) is 5.01. The molecule has 1 heterocycles. The Hall–Kier alpha value is -2.59. The molecule has 1 aromatic carbocycles. The van der Waals surface area contributed by atoms with Crippen LogP contribution in [0.5, 0.6) is 0 Å².